The molecule has 2 aliphatic heterocycles. The van der Waals surface area contributed by atoms with Crippen molar-refractivity contribution in [2.45, 2.75) is 31.7 Å². The SMILES string of the molecule is C[C@@H]1CN[C@H]2c3ccc(C(F)(F)F)cc3O[C@H]2C1.Cl. The van der Waals surface area contributed by atoms with Crippen molar-refractivity contribution in [3.63, 3.8) is 0 Å². The van der Waals surface area contributed by atoms with E-state index < -0.39 is 11.7 Å². The Morgan fingerprint density at radius 2 is 2.05 bits per heavy atom. The minimum absolute atomic E-state index is 0. The van der Waals surface area contributed by atoms with E-state index in [1.54, 1.807) is 0 Å². The Morgan fingerprint density at radius 3 is 2.74 bits per heavy atom. The summed E-state index contributed by atoms with van der Waals surface area (Å²) in [6, 6.07) is 3.81. The van der Waals surface area contributed by atoms with Gasteiger partial charge in [0.05, 0.1) is 11.6 Å². The highest BCUT2D eigenvalue weighted by Gasteiger charge is 2.40. The van der Waals surface area contributed by atoms with Crippen LogP contribution in [0, 0.1) is 5.92 Å². The maximum atomic E-state index is 12.6. The predicted molar refractivity (Wildman–Crippen MR) is 67.6 cm³/mol. The van der Waals surface area contributed by atoms with Crippen LogP contribution in [0.15, 0.2) is 18.2 Å². The maximum Gasteiger partial charge on any atom is 0.416 e. The zero-order chi connectivity index (χ0) is 12.9. The van der Waals surface area contributed by atoms with Crippen molar-refractivity contribution in [2.24, 2.45) is 5.92 Å². The number of hydrogen-bond acceptors (Lipinski definition) is 2. The molecular weight excluding hydrogens is 279 g/mol. The molecule has 3 atom stereocenters. The van der Waals surface area contributed by atoms with Crippen molar-refractivity contribution in [2.75, 3.05) is 6.54 Å². The Kier molecular flexibility index (Phi) is 3.71. The van der Waals surface area contributed by atoms with Crippen LogP contribution in [0.4, 0.5) is 13.2 Å². The van der Waals surface area contributed by atoms with E-state index in [9.17, 15) is 13.2 Å². The second kappa shape index (κ2) is 4.87. The highest BCUT2D eigenvalue weighted by atomic mass is 35.5. The smallest absolute Gasteiger partial charge is 0.416 e. The summed E-state index contributed by atoms with van der Waals surface area (Å²) in [5.74, 6) is 0.865. The van der Waals surface area contributed by atoms with Crippen molar-refractivity contribution in [1.29, 1.82) is 0 Å². The van der Waals surface area contributed by atoms with E-state index in [4.69, 9.17) is 4.74 Å². The molecular formula is C13H15ClF3NO. The van der Waals surface area contributed by atoms with Crippen LogP contribution in [-0.4, -0.2) is 12.6 Å². The molecule has 1 aromatic rings. The van der Waals surface area contributed by atoms with Gasteiger partial charge in [0.25, 0.3) is 0 Å². The number of nitrogens with one attached hydrogen (secondary N) is 1. The van der Waals surface area contributed by atoms with E-state index in [1.165, 1.54) is 6.07 Å². The first-order valence-electron chi connectivity index (χ1n) is 6.06. The number of rotatable bonds is 0. The lowest BCUT2D eigenvalue weighted by atomic mass is 9.91. The Bertz CT molecular complexity index is 477. The van der Waals surface area contributed by atoms with Crippen LogP contribution < -0.4 is 10.1 Å². The summed E-state index contributed by atoms with van der Waals surface area (Å²) in [4.78, 5) is 0. The zero-order valence-electron chi connectivity index (χ0n) is 10.3. The van der Waals surface area contributed by atoms with Crippen LogP contribution in [0.5, 0.6) is 5.75 Å². The maximum absolute atomic E-state index is 12.6. The number of fused-ring (bicyclic) bond motifs is 3. The van der Waals surface area contributed by atoms with E-state index in [-0.39, 0.29) is 24.6 Å². The van der Waals surface area contributed by atoms with Gasteiger partial charge in [-0.15, -0.1) is 12.4 Å². The van der Waals surface area contributed by atoms with Gasteiger partial charge in [-0.1, -0.05) is 13.0 Å². The van der Waals surface area contributed by atoms with Gasteiger partial charge in [-0.3, -0.25) is 0 Å². The monoisotopic (exact) mass is 293 g/mol. The van der Waals surface area contributed by atoms with Crippen LogP contribution in [0.25, 0.3) is 0 Å². The molecule has 2 heterocycles. The first-order valence-corrected chi connectivity index (χ1v) is 6.06. The molecule has 1 N–H and O–H groups in total. The molecule has 0 saturated carbocycles. The Hall–Kier alpha value is -0.940. The van der Waals surface area contributed by atoms with Gasteiger partial charge in [0, 0.05) is 5.56 Å². The molecule has 0 unspecified atom stereocenters. The third kappa shape index (κ3) is 2.54. The molecule has 0 radical (unpaired) electrons. The summed E-state index contributed by atoms with van der Waals surface area (Å²) in [6.45, 7) is 2.99. The normalized spacial score (nSPS) is 28.9. The topological polar surface area (TPSA) is 21.3 Å². The van der Waals surface area contributed by atoms with Crippen LogP contribution in [0.1, 0.15) is 30.5 Å². The average Bonchev–Trinajstić information content (AvgIpc) is 2.63. The number of alkyl halides is 3. The standard InChI is InChI=1S/C13H14F3NO.ClH/c1-7-4-11-12(17-6-7)9-3-2-8(13(14,15)16)5-10(9)18-11;/h2-3,5,7,11-12,17H,4,6H2,1H3;1H/t7-,11-,12-;/m0./s1. The lowest BCUT2D eigenvalue weighted by molar-refractivity contribution is -0.137. The average molecular weight is 294 g/mol. The molecule has 2 aliphatic rings. The minimum atomic E-state index is -4.31. The summed E-state index contributed by atoms with van der Waals surface area (Å²) in [7, 11) is 0. The quantitative estimate of drug-likeness (QED) is 0.790. The van der Waals surface area contributed by atoms with Gasteiger partial charge in [-0.25, -0.2) is 0 Å². The van der Waals surface area contributed by atoms with E-state index in [0.29, 0.717) is 11.7 Å². The molecule has 106 valence electrons. The molecule has 0 aromatic heterocycles. The van der Waals surface area contributed by atoms with Crippen molar-refractivity contribution in [1.82, 2.24) is 5.32 Å². The van der Waals surface area contributed by atoms with Gasteiger partial charge in [0.1, 0.15) is 11.9 Å². The highest BCUT2D eigenvalue weighted by Crippen LogP contribution is 2.43. The molecule has 1 saturated heterocycles. The number of ether oxygens (including phenoxy) is 1. The summed E-state index contributed by atoms with van der Waals surface area (Å²) in [5.41, 5.74) is 0.202. The van der Waals surface area contributed by atoms with Crippen molar-refractivity contribution < 1.29 is 17.9 Å². The summed E-state index contributed by atoms with van der Waals surface area (Å²) < 4.78 is 43.5. The van der Waals surface area contributed by atoms with E-state index in [0.717, 1.165) is 30.7 Å². The molecule has 0 aliphatic carbocycles. The minimum Gasteiger partial charge on any atom is -0.488 e. The van der Waals surface area contributed by atoms with Gasteiger partial charge in [-0.05, 0) is 31.0 Å². The van der Waals surface area contributed by atoms with Crippen molar-refractivity contribution in [3.05, 3.63) is 29.3 Å². The van der Waals surface area contributed by atoms with Crippen LogP contribution in [-0.2, 0) is 6.18 Å². The number of hydrogen-bond donors (Lipinski definition) is 1. The molecule has 6 heteroatoms. The molecule has 19 heavy (non-hydrogen) atoms. The second-order valence-electron chi connectivity index (χ2n) is 5.13. The lowest BCUT2D eigenvalue weighted by Crippen LogP contribution is -2.41. The summed E-state index contributed by atoms with van der Waals surface area (Å²) >= 11 is 0. The molecule has 1 fully saturated rings. The van der Waals surface area contributed by atoms with Crippen LogP contribution in [0.2, 0.25) is 0 Å². The molecule has 0 bridgehead atoms. The number of halogens is 4. The molecule has 2 nitrogen and oxygen atoms in total. The fourth-order valence-electron chi connectivity index (χ4n) is 2.73. The Morgan fingerprint density at radius 1 is 1.32 bits per heavy atom. The molecule has 3 rings (SSSR count). The molecule has 0 spiro atoms. The Labute approximate surface area is 115 Å². The van der Waals surface area contributed by atoms with Gasteiger partial charge < -0.3 is 10.1 Å². The molecule has 1 aromatic carbocycles. The van der Waals surface area contributed by atoms with E-state index in [2.05, 4.69) is 12.2 Å². The van der Waals surface area contributed by atoms with Gasteiger partial charge >= 0.3 is 6.18 Å². The lowest BCUT2D eigenvalue weighted by Gasteiger charge is -2.29. The number of benzene rings is 1. The van der Waals surface area contributed by atoms with Gasteiger partial charge in [-0.2, -0.15) is 13.2 Å². The zero-order valence-corrected chi connectivity index (χ0v) is 11.1. The third-order valence-electron chi connectivity index (χ3n) is 3.65. The van der Waals surface area contributed by atoms with Gasteiger partial charge in [0.15, 0.2) is 0 Å². The largest absolute Gasteiger partial charge is 0.488 e. The van der Waals surface area contributed by atoms with Crippen molar-refractivity contribution >= 4 is 12.4 Å². The Balaban J connectivity index is 0.00000133. The first kappa shape index (κ1) is 14.5. The van der Waals surface area contributed by atoms with Crippen LogP contribution in [0.3, 0.4) is 0 Å². The van der Waals surface area contributed by atoms with Crippen molar-refractivity contribution in [3.8, 4) is 5.75 Å². The van der Waals surface area contributed by atoms with Gasteiger partial charge in [0.2, 0.25) is 0 Å². The molecule has 0 amide bonds. The fourth-order valence-corrected chi connectivity index (χ4v) is 2.73. The summed E-state index contributed by atoms with van der Waals surface area (Å²) in [6.07, 6.45) is -3.46. The summed E-state index contributed by atoms with van der Waals surface area (Å²) in [5, 5.41) is 3.34. The van der Waals surface area contributed by atoms with E-state index in [1.807, 2.05) is 0 Å². The predicted octanol–water partition coefficient (Wildman–Crippen LogP) is 3.56. The van der Waals surface area contributed by atoms with Crippen LogP contribution >= 0.6 is 12.4 Å². The second-order valence-corrected chi connectivity index (χ2v) is 5.13. The van der Waals surface area contributed by atoms with E-state index >= 15 is 0 Å². The third-order valence-corrected chi connectivity index (χ3v) is 3.65. The highest BCUT2D eigenvalue weighted by molar-refractivity contribution is 5.85. The number of piperidine rings is 1. The fraction of sp³-hybridized carbons (Fsp3) is 0.538. The first-order chi connectivity index (χ1) is 8.45.